The maximum atomic E-state index is 13.5. The molecule has 0 aliphatic heterocycles. The summed E-state index contributed by atoms with van der Waals surface area (Å²) in [4.78, 5) is 40.5. The van der Waals surface area contributed by atoms with Crippen LogP contribution in [0.5, 0.6) is 0 Å². The molecule has 33 heavy (non-hydrogen) atoms. The van der Waals surface area contributed by atoms with E-state index in [0.29, 0.717) is 24.3 Å². The highest BCUT2D eigenvalue weighted by Crippen LogP contribution is 2.23. The quantitative estimate of drug-likeness (QED) is 0.436. The zero-order chi connectivity index (χ0) is 25.0. The first-order valence-electron chi connectivity index (χ1n) is 11.3. The van der Waals surface area contributed by atoms with E-state index in [0.717, 1.165) is 18.4 Å². The van der Waals surface area contributed by atoms with Crippen LogP contribution in [-0.4, -0.2) is 60.1 Å². The first kappa shape index (κ1) is 28.6. The molecule has 0 spiro atoms. The maximum absolute atomic E-state index is 13.5. The fourth-order valence-corrected chi connectivity index (χ4v) is 3.68. The van der Waals surface area contributed by atoms with Gasteiger partial charge in [0.25, 0.3) is 0 Å². The number of carbonyl (C=O) groups excluding carboxylic acids is 3. The molecule has 8 heteroatoms. The first-order chi connectivity index (χ1) is 15.5. The summed E-state index contributed by atoms with van der Waals surface area (Å²) in [5.74, 6) is 0.0512. The van der Waals surface area contributed by atoms with Crippen molar-refractivity contribution < 1.29 is 19.1 Å². The highest BCUT2D eigenvalue weighted by molar-refractivity contribution is 7.98. The lowest BCUT2D eigenvalue weighted by Crippen LogP contribution is -2.52. The van der Waals surface area contributed by atoms with Gasteiger partial charge in [-0.3, -0.25) is 9.59 Å². The van der Waals surface area contributed by atoms with Crippen LogP contribution in [0.3, 0.4) is 0 Å². The Balaban J connectivity index is 3.21. The zero-order valence-electron chi connectivity index (χ0n) is 20.8. The topological polar surface area (TPSA) is 87.7 Å². The SMILES string of the molecule is C=Cc1cccc(C(C(=O)NCCCC)N(C)C(=O)C(CCSC)NC(=O)OC(C)(C)C)c1. The van der Waals surface area contributed by atoms with E-state index in [9.17, 15) is 14.4 Å². The summed E-state index contributed by atoms with van der Waals surface area (Å²) in [6.07, 6.45) is 5.18. The number of thioether (sulfide) groups is 1. The van der Waals surface area contributed by atoms with Crippen molar-refractivity contribution >= 4 is 35.7 Å². The van der Waals surface area contributed by atoms with Gasteiger partial charge in [-0.25, -0.2) is 4.79 Å². The van der Waals surface area contributed by atoms with Crippen molar-refractivity contribution in [3.63, 3.8) is 0 Å². The van der Waals surface area contributed by atoms with Crippen LogP contribution in [0, 0.1) is 0 Å². The van der Waals surface area contributed by atoms with Crippen molar-refractivity contribution in [2.24, 2.45) is 0 Å². The molecular weight excluding hydrogens is 438 g/mol. The second-order valence-corrected chi connectivity index (χ2v) is 9.84. The van der Waals surface area contributed by atoms with Gasteiger partial charge in [0.05, 0.1) is 0 Å². The van der Waals surface area contributed by atoms with E-state index >= 15 is 0 Å². The summed E-state index contributed by atoms with van der Waals surface area (Å²) < 4.78 is 5.35. The highest BCUT2D eigenvalue weighted by Gasteiger charge is 2.33. The van der Waals surface area contributed by atoms with Gasteiger partial charge in [-0.15, -0.1) is 0 Å². The van der Waals surface area contributed by atoms with Gasteiger partial charge in [0, 0.05) is 13.6 Å². The van der Waals surface area contributed by atoms with Crippen LogP contribution in [0.25, 0.3) is 6.08 Å². The first-order valence-corrected chi connectivity index (χ1v) is 12.7. The van der Waals surface area contributed by atoms with Gasteiger partial charge in [0.2, 0.25) is 11.8 Å². The largest absolute Gasteiger partial charge is 0.444 e. The van der Waals surface area contributed by atoms with Crippen LogP contribution in [0.1, 0.15) is 64.1 Å². The molecule has 2 N–H and O–H groups in total. The third-order valence-electron chi connectivity index (χ3n) is 4.87. The standard InChI is InChI=1S/C25H39N3O4S/c1-8-10-15-26-22(29)21(19-13-11-12-18(9-2)17-19)28(6)23(30)20(14-16-33-7)27-24(31)32-25(3,4)5/h9,11-13,17,20-21H,2,8,10,14-16H2,1,3-7H3,(H,26,29)(H,27,31). The van der Waals surface area contributed by atoms with E-state index < -0.39 is 23.8 Å². The van der Waals surface area contributed by atoms with Gasteiger partial charge in [0.1, 0.15) is 17.7 Å². The molecule has 0 aliphatic carbocycles. The molecule has 0 saturated carbocycles. The molecule has 1 aromatic carbocycles. The molecule has 0 aliphatic rings. The number of likely N-dealkylation sites (N-methyl/N-ethyl adjacent to an activating group) is 1. The third kappa shape index (κ3) is 9.90. The Morgan fingerprint density at radius 1 is 1.27 bits per heavy atom. The lowest BCUT2D eigenvalue weighted by atomic mass is 10.0. The van der Waals surface area contributed by atoms with Crippen LogP contribution in [-0.2, 0) is 14.3 Å². The van der Waals surface area contributed by atoms with Crippen LogP contribution in [0.2, 0.25) is 0 Å². The molecule has 0 radical (unpaired) electrons. The molecule has 0 saturated heterocycles. The van der Waals surface area contributed by atoms with E-state index in [1.165, 1.54) is 4.90 Å². The second kappa shape index (κ2) is 13.9. The summed E-state index contributed by atoms with van der Waals surface area (Å²) >= 11 is 1.58. The Bertz CT molecular complexity index is 807. The van der Waals surface area contributed by atoms with Gasteiger partial charge in [-0.1, -0.05) is 44.2 Å². The van der Waals surface area contributed by atoms with E-state index in [2.05, 4.69) is 17.2 Å². The number of amides is 3. The number of rotatable bonds is 12. The highest BCUT2D eigenvalue weighted by atomic mass is 32.2. The summed E-state index contributed by atoms with van der Waals surface area (Å²) in [5, 5.41) is 5.63. The molecule has 0 heterocycles. The summed E-state index contributed by atoms with van der Waals surface area (Å²) in [5.41, 5.74) is 0.847. The summed E-state index contributed by atoms with van der Waals surface area (Å²) in [7, 11) is 1.59. The number of hydrogen-bond donors (Lipinski definition) is 2. The molecule has 0 bridgehead atoms. The predicted molar refractivity (Wildman–Crippen MR) is 136 cm³/mol. The third-order valence-corrected chi connectivity index (χ3v) is 5.52. The van der Waals surface area contributed by atoms with Crippen molar-refractivity contribution in [2.45, 2.75) is 64.6 Å². The summed E-state index contributed by atoms with van der Waals surface area (Å²) in [6, 6.07) is 5.73. The average Bonchev–Trinajstić information content (AvgIpc) is 2.75. The minimum Gasteiger partial charge on any atom is -0.444 e. The van der Waals surface area contributed by atoms with Gasteiger partial charge >= 0.3 is 6.09 Å². The number of hydrogen-bond acceptors (Lipinski definition) is 5. The van der Waals surface area contributed by atoms with Crippen molar-refractivity contribution in [3.05, 3.63) is 42.0 Å². The van der Waals surface area contributed by atoms with Crippen molar-refractivity contribution in [1.82, 2.24) is 15.5 Å². The molecule has 3 amide bonds. The minimum atomic E-state index is -0.841. The number of nitrogens with zero attached hydrogens (tertiary/aromatic N) is 1. The molecule has 1 rings (SSSR count). The summed E-state index contributed by atoms with van der Waals surface area (Å²) in [6.45, 7) is 11.7. The molecule has 0 fully saturated rings. The molecule has 7 nitrogen and oxygen atoms in total. The van der Waals surface area contributed by atoms with Gasteiger partial charge in [-0.05, 0) is 62.8 Å². The molecular formula is C25H39N3O4S. The van der Waals surface area contributed by atoms with Crippen LogP contribution >= 0.6 is 11.8 Å². The maximum Gasteiger partial charge on any atom is 0.408 e. The van der Waals surface area contributed by atoms with E-state index in [4.69, 9.17) is 4.74 Å². The van der Waals surface area contributed by atoms with Crippen LogP contribution in [0.4, 0.5) is 4.79 Å². The Hall–Kier alpha value is -2.48. The predicted octanol–water partition coefficient (Wildman–Crippen LogP) is 4.39. The van der Waals surface area contributed by atoms with E-state index in [-0.39, 0.29) is 11.8 Å². The number of nitrogens with one attached hydrogen (secondary N) is 2. The molecule has 2 unspecified atom stereocenters. The lowest BCUT2D eigenvalue weighted by molar-refractivity contribution is -0.140. The fraction of sp³-hybridized carbons (Fsp3) is 0.560. The number of alkyl carbamates (subject to hydrolysis) is 1. The molecule has 0 aromatic heterocycles. The van der Waals surface area contributed by atoms with Crippen LogP contribution in [0.15, 0.2) is 30.8 Å². The Morgan fingerprint density at radius 3 is 2.55 bits per heavy atom. The minimum absolute atomic E-state index is 0.263. The molecule has 2 atom stereocenters. The number of benzene rings is 1. The van der Waals surface area contributed by atoms with E-state index in [1.807, 2.05) is 37.4 Å². The van der Waals surface area contributed by atoms with Crippen LogP contribution < -0.4 is 10.6 Å². The number of unbranched alkanes of at least 4 members (excludes halogenated alkanes) is 1. The Labute approximate surface area is 202 Å². The van der Waals surface area contributed by atoms with Gasteiger partial charge in [-0.2, -0.15) is 11.8 Å². The lowest BCUT2D eigenvalue weighted by Gasteiger charge is -2.31. The average molecular weight is 478 g/mol. The Morgan fingerprint density at radius 2 is 1.97 bits per heavy atom. The smallest absolute Gasteiger partial charge is 0.408 e. The normalized spacial score (nSPS) is 12.9. The molecule has 1 aromatic rings. The van der Waals surface area contributed by atoms with E-state index in [1.54, 1.807) is 45.7 Å². The Kier molecular flexibility index (Phi) is 12.1. The van der Waals surface area contributed by atoms with Crippen molar-refractivity contribution in [1.29, 1.82) is 0 Å². The fourth-order valence-electron chi connectivity index (χ4n) is 3.21. The van der Waals surface area contributed by atoms with Crippen molar-refractivity contribution in [3.8, 4) is 0 Å². The number of ether oxygens (including phenoxy) is 1. The second-order valence-electron chi connectivity index (χ2n) is 8.85. The van der Waals surface area contributed by atoms with Crippen molar-refractivity contribution in [2.75, 3.05) is 25.6 Å². The molecule has 184 valence electrons. The number of carbonyl (C=O) groups is 3. The zero-order valence-corrected chi connectivity index (χ0v) is 21.6. The van der Waals surface area contributed by atoms with Gasteiger partial charge < -0.3 is 20.3 Å². The van der Waals surface area contributed by atoms with Gasteiger partial charge in [0.15, 0.2) is 0 Å². The monoisotopic (exact) mass is 477 g/mol.